The predicted octanol–water partition coefficient (Wildman–Crippen LogP) is 3.61. The SMILES string of the molecule is CC(C)(C)Nc1ccc(NC(=O)Cc2ccc(F)cc2)nc1. The van der Waals surface area contributed by atoms with E-state index >= 15 is 0 Å². The molecular weight excluding hydrogens is 281 g/mol. The summed E-state index contributed by atoms with van der Waals surface area (Å²) in [5, 5.41) is 6.02. The number of hydrogen-bond acceptors (Lipinski definition) is 3. The molecular formula is C17H20FN3O. The van der Waals surface area contributed by atoms with Gasteiger partial charge in [-0.25, -0.2) is 9.37 Å². The Balaban J connectivity index is 1.93. The quantitative estimate of drug-likeness (QED) is 0.907. The average Bonchev–Trinajstić information content (AvgIpc) is 2.42. The van der Waals surface area contributed by atoms with Crippen LogP contribution in [0.2, 0.25) is 0 Å². The minimum Gasteiger partial charge on any atom is -0.379 e. The Labute approximate surface area is 129 Å². The van der Waals surface area contributed by atoms with E-state index in [2.05, 4.69) is 36.4 Å². The molecule has 1 aromatic heterocycles. The Hall–Kier alpha value is -2.43. The summed E-state index contributed by atoms with van der Waals surface area (Å²) in [6.07, 6.45) is 1.86. The number of nitrogens with one attached hydrogen (secondary N) is 2. The van der Waals surface area contributed by atoms with Gasteiger partial charge in [0.15, 0.2) is 0 Å². The summed E-state index contributed by atoms with van der Waals surface area (Å²) in [4.78, 5) is 16.1. The Morgan fingerprint density at radius 1 is 1.14 bits per heavy atom. The lowest BCUT2D eigenvalue weighted by molar-refractivity contribution is -0.115. The van der Waals surface area contributed by atoms with E-state index in [4.69, 9.17) is 0 Å². The van der Waals surface area contributed by atoms with Crippen molar-refractivity contribution in [2.45, 2.75) is 32.7 Å². The molecule has 2 rings (SSSR count). The summed E-state index contributed by atoms with van der Waals surface area (Å²) >= 11 is 0. The normalized spacial score (nSPS) is 11.1. The highest BCUT2D eigenvalue weighted by molar-refractivity contribution is 5.91. The molecule has 0 saturated heterocycles. The lowest BCUT2D eigenvalue weighted by Gasteiger charge is -2.21. The van der Waals surface area contributed by atoms with Crippen LogP contribution in [0.5, 0.6) is 0 Å². The van der Waals surface area contributed by atoms with Gasteiger partial charge in [0.25, 0.3) is 0 Å². The highest BCUT2D eigenvalue weighted by atomic mass is 19.1. The maximum Gasteiger partial charge on any atom is 0.229 e. The van der Waals surface area contributed by atoms with Crippen molar-refractivity contribution < 1.29 is 9.18 Å². The molecule has 0 bridgehead atoms. The molecule has 5 heteroatoms. The monoisotopic (exact) mass is 301 g/mol. The first-order valence-corrected chi connectivity index (χ1v) is 7.10. The fourth-order valence-corrected chi connectivity index (χ4v) is 1.95. The van der Waals surface area contributed by atoms with E-state index in [0.717, 1.165) is 11.3 Å². The van der Waals surface area contributed by atoms with Gasteiger partial charge in [0.05, 0.1) is 18.3 Å². The molecule has 22 heavy (non-hydrogen) atoms. The summed E-state index contributed by atoms with van der Waals surface area (Å²) in [5.74, 6) is -0.00466. The standard InChI is InChI=1S/C17H20FN3O/c1-17(2,3)21-14-8-9-15(19-11-14)20-16(22)10-12-4-6-13(18)7-5-12/h4-9,11,21H,10H2,1-3H3,(H,19,20,22). The number of amides is 1. The van der Waals surface area contributed by atoms with E-state index in [1.165, 1.54) is 12.1 Å². The maximum atomic E-state index is 12.8. The Kier molecular flexibility index (Phi) is 4.75. The molecule has 0 unspecified atom stereocenters. The van der Waals surface area contributed by atoms with Gasteiger partial charge in [0.1, 0.15) is 11.6 Å². The third-order valence-corrected chi connectivity index (χ3v) is 2.83. The van der Waals surface area contributed by atoms with Gasteiger partial charge in [0, 0.05) is 5.54 Å². The van der Waals surface area contributed by atoms with Crippen molar-refractivity contribution in [2.24, 2.45) is 0 Å². The van der Waals surface area contributed by atoms with E-state index in [-0.39, 0.29) is 23.7 Å². The Morgan fingerprint density at radius 2 is 1.82 bits per heavy atom. The number of rotatable bonds is 4. The molecule has 0 aliphatic carbocycles. The third kappa shape index (κ3) is 5.16. The van der Waals surface area contributed by atoms with Crippen molar-refractivity contribution in [2.75, 3.05) is 10.6 Å². The number of pyridine rings is 1. The number of aromatic nitrogens is 1. The number of carbonyl (C=O) groups excluding carboxylic acids is 1. The molecule has 0 aliphatic heterocycles. The summed E-state index contributed by atoms with van der Waals surface area (Å²) in [5.41, 5.74) is 1.60. The number of nitrogens with zero attached hydrogens (tertiary/aromatic N) is 1. The number of anilines is 2. The van der Waals surface area contributed by atoms with Crippen molar-refractivity contribution in [3.05, 3.63) is 54.0 Å². The molecule has 0 saturated carbocycles. The van der Waals surface area contributed by atoms with Crippen molar-refractivity contribution in [1.29, 1.82) is 0 Å². The topological polar surface area (TPSA) is 54.0 Å². The van der Waals surface area contributed by atoms with E-state index in [9.17, 15) is 9.18 Å². The molecule has 1 amide bonds. The Morgan fingerprint density at radius 3 is 2.36 bits per heavy atom. The minimum atomic E-state index is -0.312. The zero-order valence-electron chi connectivity index (χ0n) is 13.0. The molecule has 0 radical (unpaired) electrons. The van der Waals surface area contributed by atoms with Gasteiger partial charge >= 0.3 is 0 Å². The molecule has 4 nitrogen and oxygen atoms in total. The highest BCUT2D eigenvalue weighted by Gasteiger charge is 2.10. The second kappa shape index (κ2) is 6.56. The first-order chi connectivity index (χ1) is 10.3. The molecule has 0 spiro atoms. The lowest BCUT2D eigenvalue weighted by Crippen LogP contribution is -2.26. The van der Waals surface area contributed by atoms with Crippen LogP contribution in [0.15, 0.2) is 42.6 Å². The smallest absolute Gasteiger partial charge is 0.229 e. The van der Waals surface area contributed by atoms with Crippen molar-refractivity contribution in [3.8, 4) is 0 Å². The molecule has 0 atom stereocenters. The van der Waals surface area contributed by atoms with Crippen molar-refractivity contribution >= 4 is 17.4 Å². The van der Waals surface area contributed by atoms with E-state index < -0.39 is 0 Å². The molecule has 1 aromatic carbocycles. The zero-order chi connectivity index (χ0) is 16.2. The average molecular weight is 301 g/mol. The largest absolute Gasteiger partial charge is 0.379 e. The van der Waals surface area contributed by atoms with Crippen LogP contribution < -0.4 is 10.6 Å². The van der Waals surface area contributed by atoms with Gasteiger partial charge in [-0.05, 0) is 50.6 Å². The lowest BCUT2D eigenvalue weighted by atomic mass is 10.1. The molecule has 116 valence electrons. The maximum absolute atomic E-state index is 12.8. The third-order valence-electron chi connectivity index (χ3n) is 2.83. The second-order valence-electron chi connectivity index (χ2n) is 6.16. The summed E-state index contributed by atoms with van der Waals surface area (Å²) < 4.78 is 12.8. The van der Waals surface area contributed by atoms with Crippen LogP contribution in [0.1, 0.15) is 26.3 Å². The first-order valence-electron chi connectivity index (χ1n) is 7.10. The van der Waals surface area contributed by atoms with Crippen LogP contribution in [-0.4, -0.2) is 16.4 Å². The van der Waals surface area contributed by atoms with Crippen LogP contribution >= 0.6 is 0 Å². The molecule has 0 fully saturated rings. The fraction of sp³-hybridized carbons (Fsp3) is 0.294. The number of halogens is 1. The van der Waals surface area contributed by atoms with Crippen LogP contribution in [-0.2, 0) is 11.2 Å². The van der Waals surface area contributed by atoms with Crippen LogP contribution in [0.4, 0.5) is 15.9 Å². The van der Waals surface area contributed by atoms with E-state index in [1.54, 1.807) is 24.4 Å². The van der Waals surface area contributed by atoms with Gasteiger partial charge in [-0.1, -0.05) is 12.1 Å². The fourth-order valence-electron chi connectivity index (χ4n) is 1.95. The summed E-state index contributed by atoms with van der Waals surface area (Å²) in [6, 6.07) is 9.49. The number of benzene rings is 1. The first kappa shape index (κ1) is 15.9. The number of carbonyl (C=O) groups is 1. The molecule has 1 heterocycles. The molecule has 0 aliphatic rings. The summed E-state index contributed by atoms with van der Waals surface area (Å²) in [7, 11) is 0. The summed E-state index contributed by atoms with van der Waals surface area (Å²) in [6.45, 7) is 6.18. The highest BCUT2D eigenvalue weighted by Crippen LogP contribution is 2.15. The van der Waals surface area contributed by atoms with E-state index in [0.29, 0.717) is 5.82 Å². The Bertz CT molecular complexity index is 630. The van der Waals surface area contributed by atoms with Gasteiger partial charge in [0.2, 0.25) is 5.91 Å². The van der Waals surface area contributed by atoms with Gasteiger partial charge in [-0.2, -0.15) is 0 Å². The minimum absolute atomic E-state index is 0.0466. The predicted molar refractivity (Wildman–Crippen MR) is 86.3 cm³/mol. The zero-order valence-corrected chi connectivity index (χ0v) is 13.0. The van der Waals surface area contributed by atoms with Gasteiger partial charge < -0.3 is 10.6 Å². The van der Waals surface area contributed by atoms with Crippen molar-refractivity contribution in [1.82, 2.24) is 4.98 Å². The van der Waals surface area contributed by atoms with Crippen molar-refractivity contribution in [3.63, 3.8) is 0 Å². The van der Waals surface area contributed by atoms with Crippen LogP contribution in [0.3, 0.4) is 0 Å². The number of hydrogen-bond donors (Lipinski definition) is 2. The van der Waals surface area contributed by atoms with Gasteiger partial charge in [-0.3, -0.25) is 4.79 Å². The molecule has 2 aromatic rings. The van der Waals surface area contributed by atoms with E-state index in [1.807, 2.05) is 6.07 Å². The second-order valence-corrected chi connectivity index (χ2v) is 6.16. The van der Waals surface area contributed by atoms with Crippen LogP contribution in [0.25, 0.3) is 0 Å². The van der Waals surface area contributed by atoms with Crippen LogP contribution in [0, 0.1) is 5.82 Å². The molecule has 2 N–H and O–H groups in total. The van der Waals surface area contributed by atoms with Gasteiger partial charge in [-0.15, -0.1) is 0 Å².